The van der Waals surface area contributed by atoms with Crippen molar-refractivity contribution >= 4 is 29.3 Å². The Bertz CT molecular complexity index is 726. The summed E-state index contributed by atoms with van der Waals surface area (Å²) in [5, 5.41) is 7.86. The molecule has 0 bridgehead atoms. The Morgan fingerprint density at radius 2 is 2.12 bits per heavy atom. The van der Waals surface area contributed by atoms with Gasteiger partial charge in [-0.05, 0) is 42.7 Å². The SMILES string of the molecule is O=C(NCCCN1C(=O)NC2(CCCC2)C1=O)N1CCc2sccc2C1. The number of rotatable bonds is 4. The highest BCUT2D eigenvalue weighted by Gasteiger charge is 2.51. The molecule has 3 aliphatic rings. The van der Waals surface area contributed by atoms with Crippen molar-refractivity contribution < 1.29 is 14.4 Å². The summed E-state index contributed by atoms with van der Waals surface area (Å²) in [6.45, 7) is 2.19. The zero-order valence-corrected chi connectivity index (χ0v) is 15.6. The number of thiophene rings is 1. The fourth-order valence-electron chi connectivity index (χ4n) is 4.16. The molecule has 1 aliphatic carbocycles. The van der Waals surface area contributed by atoms with E-state index in [0.29, 0.717) is 26.1 Å². The average molecular weight is 376 g/mol. The van der Waals surface area contributed by atoms with Crippen molar-refractivity contribution in [2.24, 2.45) is 0 Å². The zero-order chi connectivity index (χ0) is 18.1. The van der Waals surface area contributed by atoms with E-state index >= 15 is 0 Å². The minimum Gasteiger partial charge on any atom is -0.338 e. The van der Waals surface area contributed by atoms with E-state index in [-0.39, 0.29) is 18.0 Å². The monoisotopic (exact) mass is 376 g/mol. The van der Waals surface area contributed by atoms with E-state index in [1.807, 2.05) is 4.90 Å². The maximum atomic E-state index is 12.6. The highest BCUT2D eigenvalue weighted by molar-refractivity contribution is 7.10. The van der Waals surface area contributed by atoms with Crippen molar-refractivity contribution in [2.45, 2.75) is 50.6 Å². The summed E-state index contributed by atoms with van der Waals surface area (Å²) in [6, 6.07) is 1.71. The van der Waals surface area contributed by atoms with Crippen LogP contribution in [0.4, 0.5) is 9.59 Å². The van der Waals surface area contributed by atoms with Gasteiger partial charge in [-0.25, -0.2) is 9.59 Å². The molecule has 0 atom stereocenters. The van der Waals surface area contributed by atoms with E-state index < -0.39 is 5.54 Å². The summed E-state index contributed by atoms with van der Waals surface area (Å²) < 4.78 is 0. The lowest BCUT2D eigenvalue weighted by Gasteiger charge is -2.27. The normalized spacial score (nSPS) is 21.2. The molecule has 5 amide bonds. The molecule has 0 unspecified atom stereocenters. The minimum atomic E-state index is -0.646. The van der Waals surface area contributed by atoms with Crippen LogP contribution in [-0.4, -0.2) is 52.9 Å². The highest BCUT2D eigenvalue weighted by atomic mass is 32.1. The van der Waals surface area contributed by atoms with Gasteiger partial charge in [-0.3, -0.25) is 9.69 Å². The third-order valence-corrected chi connectivity index (χ3v) is 6.66. The standard InChI is InChI=1S/C18H24N4O3S/c23-15-18(6-1-2-7-18)20-17(25)22(15)9-3-8-19-16(24)21-10-4-14-13(12-21)5-11-26-14/h5,11H,1-4,6-10,12H2,(H,19,24)(H,20,25). The van der Waals surface area contributed by atoms with Gasteiger partial charge < -0.3 is 15.5 Å². The first-order valence-electron chi connectivity index (χ1n) is 9.31. The second-order valence-corrected chi connectivity index (χ2v) is 8.30. The van der Waals surface area contributed by atoms with Crippen LogP contribution in [0.2, 0.25) is 0 Å². The average Bonchev–Trinajstić information content (AvgIpc) is 3.34. The van der Waals surface area contributed by atoms with Crippen LogP contribution in [0.5, 0.6) is 0 Å². The topological polar surface area (TPSA) is 81.8 Å². The van der Waals surface area contributed by atoms with E-state index in [9.17, 15) is 14.4 Å². The van der Waals surface area contributed by atoms with E-state index in [4.69, 9.17) is 0 Å². The molecule has 1 saturated carbocycles. The second-order valence-electron chi connectivity index (χ2n) is 7.30. The van der Waals surface area contributed by atoms with Gasteiger partial charge in [0.1, 0.15) is 5.54 Å². The number of carbonyl (C=O) groups is 3. The summed E-state index contributed by atoms with van der Waals surface area (Å²) in [7, 11) is 0. The lowest BCUT2D eigenvalue weighted by atomic mass is 9.98. The Morgan fingerprint density at radius 3 is 2.92 bits per heavy atom. The fourth-order valence-corrected chi connectivity index (χ4v) is 5.05. The molecule has 2 fully saturated rings. The van der Waals surface area contributed by atoms with Gasteiger partial charge in [0.25, 0.3) is 5.91 Å². The molecule has 4 rings (SSSR count). The summed E-state index contributed by atoms with van der Waals surface area (Å²) in [5.41, 5.74) is 0.587. The molecule has 0 radical (unpaired) electrons. The Balaban J connectivity index is 1.22. The highest BCUT2D eigenvalue weighted by Crippen LogP contribution is 2.35. The van der Waals surface area contributed by atoms with Crippen LogP contribution in [0.1, 0.15) is 42.5 Å². The van der Waals surface area contributed by atoms with Gasteiger partial charge in [0.2, 0.25) is 0 Å². The molecule has 1 saturated heterocycles. The third kappa shape index (κ3) is 3.06. The van der Waals surface area contributed by atoms with E-state index in [1.54, 1.807) is 11.3 Å². The van der Waals surface area contributed by atoms with Gasteiger partial charge in [0.15, 0.2) is 0 Å². The number of amides is 5. The van der Waals surface area contributed by atoms with E-state index in [0.717, 1.165) is 38.6 Å². The van der Waals surface area contributed by atoms with Crippen molar-refractivity contribution in [3.63, 3.8) is 0 Å². The van der Waals surface area contributed by atoms with Gasteiger partial charge in [-0.2, -0.15) is 0 Å². The van der Waals surface area contributed by atoms with Crippen LogP contribution in [0.15, 0.2) is 11.4 Å². The number of hydrogen-bond acceptors (Lipinski definition) is 4. The van der Waals surface area contributed by atoms with Crippen molar-refractivity contribution in [3.05, 3.63) is 21.9 Å². The maximum absolute atomic E-state index is 12.6. The van der Waals surface area contributed by atoms with Crippen LogP contribution in [0.25, 0.3) is 0 Å². The number of nitrogens with one attached hydrogen (secondary N) is 2. The summed E-state index contributed by atoms with van der Waals surface area (Å²) in [5.74, 6) is -0.0904. The van der Waals surface area contributed by atoms with Gasteiger partial charge >= 0.3 is 12.1 Å². The number of imide groups is 1. The molecule has 8 heteroatoms. The Hall–Kier alpha value is -2.09. The van der Waals surface area contributed by atoms with Gasteiger partial charge in [0.05, 0.1) is 0 Å². The van der Waals surface area contributed by atoms with Crippen LogP contribution in [-0.2, 0) is 17.8 Å². The second kappa shape index (κ2) is 6.90. The van der Waals surface area contributed by atoms with Gasteiger partial charge in [0, 0.05) is 31.1 Å². The van der Waals surface area contributed by atoms with E-state index in [2.05, 4.69) is 22.1 Å². The molecule has 140 valence electrons. The van der Waals surface area contributed by atoms with Crippen LogP contribution in [0.3, 0.4) is 0 Å². The van der Waals surface area contributed by atoms with Gasteiger partial charge in [-0.15, -0.1) is 11.3 Å². The summed E-state index contributed by atoms with van der Waals surface area (Å²) >= 11 is 1.75. The van der Waals surface area contributed by atoms with Crippen molar-refractivity contribution in [2.75, 3.05) is 19.6 Å². The molecule has 2 aliphatic heterocycles. The first kappa shape index (κ1) is 17.3. The molecule has 3 heterocycles. The zero-order valence-electron chi connectivity index (χ0n) is 14.8. The molecule has 1 aromatic rings. The first-order chi connectivity index (χ1) is 12.6. The molecular formula is C18H24N4O3S. The van der Waals surface area contributed by atoms with Crippen LogP contribution < -0.4 is 10.6 Å². The van der Waals surface area contributed by atoms with E-state index in [1.165, 1.54) is 15.3 Å². The maximum Gasteiger partial charge on any atom is 0.325 e. The lowest BCUT2D eigenvalue weighted by Crippen LogP contribution is -2.44. The molecule has 0 aromatic carbocycles. The molecule has 7 nitrogen and oxygen atoms in total. The van der Waals surface area contributed by atoms with Crippen LogP contribution >= 0.6 is 11.3 Å². The molecule has 1 spiro atoms. The smallest absolute Gasteiger partial charge is 0.325 e. The minimum absolute atomic E-state index is 0.0775. The molecule has 26 heavy (non-hydrogen) atoms. The van der Waals surface area contributed by atoms with Crippen LogP contribution in [0, 0.1) is 0 Å². The quantitative estimate of drug-likeness (QED) is 0.623. The largest absolute Gasteiger partial charge is 0.338 e. The fraction of sp³-hybridized carbons (Fsp3) is 0.611. The number of urea groups is 2. The lowest BCUT2D eigenvalue weighted by molar-refractivity contribution is -0.131. The summed E-state index contributed by atoms with van der Waals surface area (Å²) in [4.78, 5) is 41.5. The van der Waals surface area contributed by atoms with Crippen molar-refractivity contribution in [1.29, 1.82) is 0 Å². The van der Waals surface area contributed by atoms with Crippen molar-refractivity contribution in [3.8, 4) is 0 Å². The predicted octanol–water partition coefficient (Wildman–Crippen LogP) is 2.07. The summed E-state index contributed by atoms with van der Waals surface area (Å²) in [6.07, 6.45) is 4.92. The first-order valence-corrected chi connectivity index (χ1v) is 10.2. The third-order valence-electron chi connectivity index (χ3n) is 5.63. The Kier molecular flexibility index (Phi) is 4.60. The number of fused-ring (bicyclic) bond motifs is 1. The number of carbonyl (C=O) groups excluding carboxylic acids is 3. The molecule has 1 aromatic heterocycles. The van der Waals surface area contributed by atoms with Gasteiger partial charge in [-0.1, -0.05) is 12.8 Å². The molecular weight excluding hydrogens is 352 g/mol. The number of nitrogens with zero attached hydrogens (tertiary/aromatic N) is 2. The molecule has 2 N–H and O–H groups in total. The Labute approximate surface area is 156 Å². The van der Waals surface area contributed by atoms with Crippen molar-refractivity contribution in [1.82, 2.24) is 20.4 Å². The Morgan fingerprint density at radius 1 is 1.31 bits per heavy atom. The predicted molar refractivity (Wildman–Crippen MR) is 97.9 cm³/mol. The number of hydrogen-bond donors (Lipinski definition) is 2.